The summed E-state index contributed by atoms with van der Waals surface area (Å²) in [6.07, 6.45) is 6.79. The van der Waals surface area contributed by atoms with Crippen LogP contribution in [-0.2, 0) is 11.2 Å². The van der Waals surface area contributed by atoms with E-state index in [9.17, 15) is 4.79 Å². The van der Waals surface area contributed by atoms with Gasteiger partial charge in [-0.1, -0.05) is 42.5 Å². The quantitative estimate of drug-likeness (QED) is 0.611. The third-order valence-corrected chi connectivity index (χ3v) is 5.70. The molecule has 0 radical (unpaired) electrons. The lowest BCUT2D eigenvalue weighted by atomic mass is 9.91. The third kappa shape index (κ3) is 4.67. The van der Waals surface area contributed by atoms with Crippen molar-refractivity contribution in [3.8, 4) is 17.0 Å². The normalized spacial score (nSPS) is 16.3. The zero-order valence-corrected chi connectivity index (χ0v) is 17.3. The molecule has 154 valence electrons. The molecule has 1 aliphatic rings. The molecule has 0 saturated carbocycles. The molecular weight excluding hydrogens is 374 g/mol. The molecule has 5 heteroatoms. The van der Waals surface area contributed by atoms with Gasteiger partial charge in [0.25, 0.3) is 0 Å². The fourth-order valence-electron chi connectivity index (χ4n) is 4.12. The predicted octanol–water partition coefficient (Wildman–Crippen LogP) is 4.49. The number of hydrogen-bond acceptors (Lipinski definition) is 4. The molecule has 1 atom stereocenters. The second-order valence-corrected chi connectivity index (χ2v) is 7.69. The van der Waals surface area contributed by atoms with Crippen molar-refractivity contribution in [3.63, 3.8) is 0 Å². The fraction of sp³-hybridized carbons (Fsp3) is 0.320. The Morgan fingerprint density at radius 3 is 2.77 bits per heavy atom. The fourth-order valence-corrected chi connectivity index (χ4v) is 4.12. The van der Waals surface area contributed by atoms with Crippen LogP contribution < -0.4 is 4.74 Å². The highest BCUT2D eigenvalue weighted by Gasteiger charge is 2.27. The molecule has 1 saturated heterocycles. The minimum atomic E-state index is 0.189. The number of methoxy groups -OCH3 is 1. The summed E-state index contributed by atoms with van der Waals surface area (Å²) in [5.74, 6) is 1.20. The van der Waals surface area contributed by atoms with Crippen molar-refractivity contribution < 1.29 is 9.53 Å². The molecule has 1 aromatic heterocycles. The van der Waals surface area contributed by atoms with Crippen LogP contribution in [0.3, 0.4) is 0 Å². The van der Waals surface area contributed by atoms with E-state index in [4.69, 9.17) is 4.74 Å². The number of carbonyl (C=O) groups is 1. The molecule has 1 aliphatic heterocycles. The zero-order chi connectivity index (χ0) is 20.8. The van der Waals surface area contributed by atoms with Crippen molar-refractivity contribution in [1.82, 2.24) is 14.9 Å². The van der Waals surface area contributed by atoms with Crippen LogP contribution in [0.1, 0.15) is 36.4 Å². The van der Waals surface area contributed by atoms with E-state index in [1.54, 1.807) is 19.5 Å². The van der Waals surface area contributed by atoms with E-state index >= 15 is 0 Å². The number of aromatic nitrogens is 2. The Hall–Kier alpha value is -3.21. The second-order valence-electron chi connectivity index (χ2n) is 7.69. The number of likely N-dealkylation sites (tertiary alicyclic amines) is 1. The van der Waals surface area contributed by atoms with Gasteiger partial charge in [0.1, 0.15) is 5.75 Å². The summed E-state index contributed by atoms with van der Waals surface area (Å²) in [5, 5.41) is 0. The van der Waals surface area contributed by atoms with Gasteiger partial charge in [0.2, 0.25) is 5.91 Å². The summed E-state index contributed by atoms with van der Waals surface area (Å²) in [7, 11) is 1.66. The smallest absolute Gasteiger partial charge is 0.222 e. The van der Waals surface area contributed by atoms with Crippen molar-refractivity contribution >= 4 is 5.91 Å². The van der Waals surface area contributed by atoms with Gasteiger partial charge in [-0.2, -0.15) is 0 Å². The van der Waals surface area contributed by atoms with Gasteiger partial charge < -0.3 is 9.64 Å². The first-order valence-corrected chi connectivity index (χ1v) is 10.5. The van der Waals surface area contributed by atoms with Crippen molar-refractivity contribution in [2.45, 2.75) is 31.6 Å². The number of carbonyl (C=O) groups excluding carboxylic acids is 1. The molecule has 5 nitrogen and oxygen atoms in total. The van der Waals surface area contributed by atoms with Crippen molar-refractivity contribution in [2.24, 2.45) is 0 Å². The summed E-state index contributed by atoms with van der Waals surface area (Å²) in [4.78, 5) is 24.2. The van der Waals surface area contributed by atoms with Crippen LogP contribution in [-0.4, -0.2) is 41.0 Å². The van der Waals surface area contributed by atoms with Crippen molar-refractivity contribution in [3.05, 3.63) is 78.2 Å². The average Bonchev–Trinajstić information content (AvgIpc) is 2.83. The van der Waals surface area contributed by atoms with Crippen LogP contribution >= 0.6 is 0 Å². The van der Waals surface area contributed by atoms with E-state index in [0.717, 1.165) is 48.5 Å². The average molecular weight is 402 g/mol. The number of aryl methyl sites for hydroxylation is 1. The summed E-state index contributed by atoms with van der Waals surface area (Å²) >= 11 is 0. The lowest BCUT2D eigenvalue weighted by Gasteiger charge is -2.33. The molecule has 0 bridgehead atoms. The zero-order valence-electron chi connectivity index (χ0n) is 17.3. The summed E-state index contributed by atoms with van der Waals surface area (Å²) in [5.41, 5.74) is 4.03. The Bertz CT molecular complexity index is 990. The molecule has 30 heavy (non-hydrogen) atoms. The third-order valence-electron chi connectivity index (χ3n) is 5.70. The molecule has 2 heterocycles. The molecule has 0 unspecified atom stereocenters. The molecule has 1 fully saturated rings. The van der Waals surface area contributed by atoms with Gasteiger partial charge in [0.05, 0.1) is 18.5 Å². The highest BCUT2D eigenvalue weighted by molar-refractivity contribution is 5.76. The van der Waals surface area contributed by atoms with Crippen LogP contribution in [0.2, 0.25) is 0 Å². The molecule has 4 rings (SSSR count). The van der Waals surface area contributed by atoms with Crippen LogP contribution in [0.15, 0.2) is 67.0 Å². The van der Waals surface area contributed by atoms with Gasteiger partial charge in [-0.15, -0.1) is 0 Å². The maximum absolute atomic E-state index is 12.9. The van der Waals surface area contributed by atoms with Gasteiger partial charge in [0.15, 0.2) is 0 Å². The van der Waals surface area contributed by atoms with Crippen molar-refractivity contribution in [2.75, 3.05) is 20.2 Å². The van der Waals surface area contributed by atoms with E-state index in [1.807, 2.05) is 47.4 Å². The first-order chi connectivity index (χ1) is 14.7. The Kier molecular flexibility index (Phi) is 6.38. The minimum Gasteiger partial charge on any atom is -0.497 e. The first kappa shape index (κ1) is 20.1. The van der Waals surface area contributed by atoms with Gasteiger partial charge in [-0.05, 0) is 37.0 Å². The SMILES string of the molecule is COc1cccc(-c2nccnc2[C@H]2CCCN(C(=O)CCc3ccccc3)C2)c1. The summed E-state index contributed by atoms with van der Waals surface area (Å²) < 4.78 is 5.37. The monoisotopic (exact) mass is 401 g/mol. The van der Waals surface area contributed by atoms with Gasteiger partial charge in [-0.3, -0.25) is 14.8 Å². The molecule has 2 aromatic carbocycles. The predicted molar refractivity (Wildman–Crippen MR) is 117 cm³/mol. The number of amides is 1. The highest BCUT2D eigenvalue weighted by atomic mass is 16.5. The number of benzene rings is 2. The summed E-state index contributed by atoms with van der Waals surface area (Å²) in [6, 6.07) is 18.1. The molecule has 1 amide bonds. The maximum Gasteiger partial charge on any atom is 0.222 e. The number of ether oxygens (including phenoxy) is 1. The molecule has 3 aromatic rings. The number of hydrogen-bond donors (Lipinski definition) is 0. The number of piperidine rings is 1. The van der Waals surface area contributed by atoms with Crippen molar-refractivity contribution in [1.29, 1.82) is 0 Å². The van der Waals surface area contributed by atoms with Gasteiger partial charge >= 0.3 is 0 Å². The number of nitrogens with zero attached hydrogens (tertiary/aromatic N) is 3. The lowest BCUT2D eigenvalue weighted by Crippen LogP contribution is -2.39. The molecule has 0 N–H and O–H groups in total. The summed E-state index contributed by atoms with van der Waals surface area (Å²) in [6.45, 7) is 1.52. The highest BCUT2D eigenvalue weighted by Crippen LogP contribution is 2.33. The Balaban J connectivity index is 1.49. The van der Waals surface area contributed by atoms with Crippen LogP contribution in [0.25, 0.3) is 11.3 Å². The first-order valence-electron chi connectivity index (χ1n) is 10.5. The van der Waals surface area contributed by atoms with E-state index in [0.29, 0.717) is 13.0 Å². The van der Waals surface area contributed by atoms with Gasteiger partial charge in [0, 0.05) is 43.4 Å². The molecular formula is C25H27N3O2. The minimum absolute atomic E-state index is 0.189. The van der Waals surface area contributed by atoms with E-state index in [2.05, 4.69) is 22.1 Å². The lowest BCUT2D eigenvalue weighted by molar-refractivity contribution is -0.132. The van der Waals surface area contributed by atoms with Crippen LogP contribution in [0.4, 0.5) is 0 Å². The number of rotatable bonds is 6. The standard InChI is InChI=1S/C25H27N3O2/c1-30-22-11-5-9-20(17-22)24-25(27-15-14-26-24)21-10-6-16-28(18-21)23(29)13-12-19-7-3-2-4-8-19/h2-5,7-9,11,14-15,17,21H,6,10,12-13,16,18H2,1H3/t21-/m0/s1. The van der Waals surface area contributed by atoms with E-state index in [1.165, 1.54) is 5.56 Å². The molecule has 0 aliphatic carbocycles. The van der Waals surface area contributed by atoms with E-state index < -0.39 is 0 Å². The van der Waals surface area contributed by atoms with Crippen LogP contribution in [0.5, 0.6) is 5.75 Å². The molecule has 0 spiro atoms. The Morgan fingerprint density at radius 1 is 1.10 bits per heavy atom. The van der Waals surface area contributed by atoms with Crippen LogP contribution in [0, 0.1) is 0 Å². The largest absolute Gasteiger partial charge is 0.497 e. The van der Waals surface area contributed by atoms with E-state index in [-0.39, 0.29) is 11.8 Å². The second kappa shape index (κ2) is 9.53. The Labute approximate surface area is 177 Å². The van der Waals surface area contributed by atoms with Gasteiger partial charge in [-0.25, -0.2) is 0 Å². The maximum atomic E-state index is 12.9. The topological polar surface area (TPSA) is 55.3 Å². The Morgan fingerprint density at radius 2 is 1.93 bits per heavy atom.